The molecule has 0 bridgehead atoms. The minimum Gasteiger partial charge on any atom is -0.392 e. The Morgan fingerprint density at radius 2 is 1.88 bits per heavy atom. The van der Waals surface area contributed by atoms with Gasteiger partial charge in [0.25, 0.3) is 10.2 Å². The summed E-state index contributed by atoms with van der Waals surface area (Å²) in [5, 5.41) is 9.16. The van der Waals surface area contributed by atoms with E-state index in [1.54, 1.807) is 6.92 Å². The van der Waals surface area contributed by atoms with E-state index in [0.29, 0.717) is 12.8 Å². The van der Waals surface area contributed by atoms with Crippen molar-refractivity contribution in [3.05, 3.63) is 0 Å². The van der Waals surface area contributed by atoms with Crippen molar-refractivity contribution < 1.29 is 26.7 Å². The molecule has 0 saturated carbocycles. The van der Waals surface area contributed by atoms with Gasteiger partial charge in [-0.1, -0.05) is 13.3 Å². The summed E-state index contributed by atoms with van der Waals surface area (Å²) in [6.45, 7) is -0.146. The molecule has 0 aliphatic heterocycles. The number of nitrogens with one attached hydrogen (secondary N) is 2. The Bertz CT molecular complexity index is 292. The van der Waals surface area contributed by atoms with Crippen molar-refractivity contribution >= 4 is 10.2 Å². The maximum Gasteiger partial charge on any atom is 0.402 e. The average molecular weight is 264 g/mol. The summed E-state index contributed by atoms with van der Waals surface area (Å²) in [5.41, 5.74) is 0. The van der Waals surface area contributed by atoms with Crippen LogP contribution in [0.3, 0.4) is 0 Å². The van der Waals surface area contributed by atoms with Gasteiger partial charge in [-0.3, -0.25) is 0 Å². The van der Waals surface area contributed by atoms with Crippen LogP contribution < -0.4 is 9.44 Å². The predicted molar refractivity (Wildman–Crippen MR) is 51.9 cm³/mol. The molecular weight excluding hydrogens is 249 g/mol. The average Bonchev–Trinajstić information content (AvgIpc) is 2.12. The molecule has 0 saturated heterocycles. The molecule has 0 rings (SSSR count). The Morgan fingerprint density at radius 1 is 1.31 bits per heavy atom. The van der Waals surface area contributed by atoms with Gasteiger partial charge in [0.1, 0.15) is 6.54 Å². The van der Waals surface area contributed by atoms with Crippen molar-refractivity contribution in [2.75, 3.05) is 13.1 Å². The minimum atomic E-state index is -4.60. The van der Waals surface area contributed by atoms with Crippen LogP contribution in [0.2, 0.25) is 0 Å². The maximum atomic E-state index is 11.7. The highest BCUT2D eigenvalue weighted by Crippen LogP contribution is 2.12. The maximum absolute atomic E-state index is 11.7. The number of rotatable bonds is 7. The highest BCUT2D eigenvalue weighted by molar-refractivity contribution is 7.87. The van der Waals surface area contributed by atoms with Crippen LogP contribution in [0.4, 0.5) is 13.2 Å². The van der Waals surface area contributed by atoms with E-state index in [1.807, 2.05) is 4.72 Å². The highest BCUT2D eigenvalue weighted by Gasteiger charge is 2.29. The lowest BCUT2D eigenvalue weighted by Gasteiger charge is -2.12. The molecular formula is C7H15F3N2O3S. The zero-order chi connectivity index (χ0) is 12.8. The fourth-order valence-corrected chi connectivity index (χ4v) is 1.74. The molecule has 5 nitrogen and oxygen atoms in total. The highest BCUT2D eigenvalue weighted by atomic mass is 32.2. The Balaban J connectivity index is 3.97. The Hall–Kier alpha value is -0.380. The normalized spacial score (nSPS) is 15.1. The van der Waals surface area contributed by atoms with Crippen molar-refractivity contribution in [2.45, 2.75) is 32.0 Å². The molecule has 0 spiro atoms. The Kier molecular flexibility index (Phi) is 6.23. The first-order valence-corrected chi connectivity index (χ1v) is 6.13. The fraction of sp³-hybridized carbons (Fsp3) is 1.00. The molecule has 0 aromatic rings. The van der Waals surface area contributed by atoms with Crippen LogP contribution in [0, 0.1) is 0 Å². The number of alkyl halides is 3. The van der Waals surface area contributed by atoms with Gasteiger partial charge in [0.2, 0.25) is 0 Å². The van der Waals surface area contributed by atoms with Crippen molar-refractivity contribution in [3.8, 4) is 0 Å². The van der Waals surface area contributed by atoms with Gasteiger partial charge in [-0.15, -0.1) is 0 Å². The number of aliphatic hydroxyl groups is 1. The van der Waals surface area contributed by atoms with Crippen LogP contribution >= 0.6 is 0 Å². The third-order valence-corrected chi connectivity index (χ3v) is 2.66. The topological polar surface area (TPSA) is 78.4 Å². The predicted octanol–water partition coefficient (Wildman–Crippen LogP) is 0.134. The zero-order valence-electron chi connectivity index (χ0n) is 8.71. The van der Waals surface area contributed by atoms with Crippen LogP contribution in [0.5, 0.6) is 0 Å². The smallest absolute Gasteiger partial charge is 0.392 e. The molecule has 3 N–H and O–H groups in total. The van der Waals surface area contributed by atoms with Crippen LogP contribution in [0.1, 0.15) is 19.8 Å². The van der Waals surface area contributed by atoms with Gasteiger partial charge in [-0.2, -0.15) is 31.0 Å². The van der Waals surface area contributed by atoms with E-state index >= 15 is 0 Å². The first kappa shape index (κ1) is 15.6. The molecule has 0 aliphatic carbocycles. The van der Waals surface area contributed by atoms with Gasteiger partial charge >= 0.3 is 6.18 Å². The molecule has 0 heterocycles. The first-order chi connectivity index (χ1) is 7.16. The van der Waals surface area contributed by atoms with E-state index in [2.05, 4.69) is 0 Å². The van der Waals surface area contributed by atoms with Gasteiger partial charge in [0.05, 0.1) is 6.10 Å². The fourth-order valence-electron chi connectivity index (χ4n) is 0.869. The van der Waals surface area contributed by atoms with Crippen LogP contribution in [0.25, 0.3) is 0 Å². The summed E-state index contributed by atoms with van der Waals surface area (Å²) in [5.74, 6) is 0. The lowest BCUT2D eigenvalue weighted by atomic mass is 10.2. The number of halogens is 3. The van der Waals surface area contributed by atoms with Gasteiger partial charge in [0.15, 0.2) is 0 Å². The van der Waals surface area contributed by atoms with E-state index in [-0.39, 0.29) is 6.54 Å². The monoisotopic (exact) mass is 264 g/mol. The molecule has 0 aromatic heterocycles. The van der Waals surface area contributed by atoms with Gasteiger partial charge in [0, 0.05) is 6.54 Å². The summed E-state index contributed by atoms with van der Waals surface area (Å²) >= 11 is 0. The standard InChI is InChI=1S/C7H15F3N2O3S/c1-2-3-6(13)4-11-16(14,15)12-5-7(8,9)10/h6,11-13H,2-5H2,1H3. The second-order valence-corrected chi connectivity index (χ2v) is 4.81. The number of hydrogen-bond acceptors (Lipinski definition) is 3. The third-order valence-electron chi connectivity index (χ3n) is 1.59. The third kappa shape index (κ3) is 8.89. The van der Waals surface area contributed by atoms with Gasteiger partial charge in [-0.05, 0) is 6.42 Å². The van der Waals surface area contributed by atoms with E-state index in [9.17, 15) is 21.6 Å². The van der Waals surface area contributed by atoms with E-state index in [1.165, 1.54) is 4.72 Å². The molecule has 0 aromatic carbocycles. The number of hydrogen-bond donors (Lipinski definition) is 3. The molecule has 1 atom stereocenters. The van der Waals surface area contributed by atoms with Crippen molar-refractivity contribution in [2.24, 2.45) is 0 Å². The largest absolute Gasteiger partial charge is 0.402 e. The molecule has 0 fully saturated rings. The van der Waals surface area contributed by atoms with Gasteiger partial charge in [-0.25, -0.2) is 0 Å². The van der Waals surface area contributed by atoms with Crippen LogP contribution in [-0.2, 0) is 10.2 Å². The van der Waals surface area contributed by atoms with Gasteiger partial charge < -0.3 is 5.11 Å². The van der Waals surface area contributed by atoms with Crippen molar-refractivity contribution in [3.63, 3.8) is 0 Å². The minimum absolute atomic E-state index is 0.305. The molecule has 0 radical (unpaired) electrons. The second-order valence-electron chi connectivity index (χ2n) is 3.23. The first-order valence-electron chi connectivity index (χ1n) is 4.65. The van der Waals surface area contributed by atoms with Crippen molar-refractivity contribution in [1.82, 2.24) is 9.44 Å². The Labute approximate surface area is 92.2 Å². The lowest BCUT2D eigenvalue weighted by Crippen LogP contribution is -2.43. The van der Waals surface area contributed by atoms with E-state index < -0.39 is 29.0 Å². The summed E-state index contributed by atoms with van der Waals surface area (Å²) in [6, 6.07) is 0. The summed E-state index contributed by atoms with van der Waals surface area (Å²) < 4.78 is 60.2. The SMILES string of the molecule is CCCC(O)CNS(=O)(=O)NCC(F)(F)F. The summed E-state index contributed by atoms with van der Waals surface area (Å²) in [6.07, 6.45) is -4.47. The lowest BCUT2D eigenvalue weighted by molar-refractivity contribution is -0.121. The summed E-state index contributed by atoms with van der Waals surface area (Å²) in [4.78, 5) is 0. The van der Waals surface area contributed by atoms with Crippen molar-refractivity contribution in [1.29, 1.82) is 0 Å². The molecule has 1 unspecified atom stereocenters. The molecule has 98 valence electrons. The number of aliphatic hydroxyl groups excluding tert-OH is 1. The quantitative estimate of drug-likeness (QED) is 0.612. The zero-order valence-corrected chi connectivity index (χ0v) is 9.53. The molecule has 16 heavy (non-hydrogen) atoms. The van der Waals surface area contributed by atoms with Crippen LogP contribution in [-0.4, -0.2) is 38.9 Å². The molecule has 0 amide bonds. The second kappa shape index (κ2) is 6.38. The summed E-state index contributed by atoms with van der Waals surface area (Å²) in [7, 11) is -4.21. The molecule has 0 aliphatic rings. The Morgan fingerprint density at radius 3 is 2.31 bits per heavy atom. The van der Waals surface area contributed by atoms with E-state index in [0.717, 1.165) is 0 Å². The molecule has 9 heteroatoms. The van der Waals surface area contributed by atoms with Crippen LogP contribution in [0.15, 0.2) is 0 Å². The van der Waals surface area contributed by atoms with E-state index in [4.69, 9.17) is 5.11 Å².